The Morgan fingerprint density at radius 2 is 1.75 bits per heavy atom. The van der Waals surface area contributed by atoms with Crippen molar-refractivity contribution in [2.45, 2.75) is 20.4 Å². The van der Waals surface area contributed by atoms with Gasteiger partial charge in [0.25, 0.3) is 5.91 Å². The molecular formula is C17H27N3O3S. The third-order valence-corrected chi connectivity index (χ3v) is 5.73. The predicted molar refractivity (Wildman–Crippen MR) is 95.4 cm³/mol. The van der Waals surface area contributed by atoms with E-state index in [0.717, 1.165) is 12.1 Å². The molecule has 0 aromatic heterocycles. The van der Waals surface area contributed by atoms with Gasteiger partial charge in [0.05, 0.1) is 6.26 Å². The average molecular weight is 353 g/mol. The summed E-state index contributed by atoms with van der Waals surface area (Å²) in [5.41, 5.74) is 1.80. The second kappa shape index (κ2) is 8.09. The Kier molecular flexibility index (Phi) is 6.37. The number of carbonyl (C=O) groups is 1. The van der Waals surface area contributed by atoms with Crippen LogP contribution < -0.4 is 0 Å². The van der Waals surface area contributed by atoms with Gasteiger partial charge in [-0.05, 0) is 31.5 Å². The second-order valence-electron chi connectivity index (χ2n) is 6.12. The summed E-state index contributed by atoms with van der Waals surface area (Å²) in [6.07, 6.45) is 1.25. The first-order valence-electron chi connectivity index (χ1n) is 8.40. The van der Waals surface area contributed by atoms with Crippen molar-refractivity contribution >= 4 is 15.9 Å². The lowest BCUT2D eigenvalue weighted by molar-refractivity contribution is 0.0772. The quantitative estimate of drug-likeness (QED) is 0.772. The summed E-state index contributed by atoms with van der Waals surface area (Å²) in [6, 6.07) is 7.73. The number of hydrogen-bond donors (Lipinski definition) is 0. The number of nitrogens with zero attached hydrogens (tertiary/aromatic N) is 3. The molecule has 0 N–H and O–H groups in total. The minimum atomic E-state index is -3.10. The van der Waals surface area contributed by atoms with Gasteiger partial charge in [0.2, 0.25) is 10.0 Å². The molecule has 1 amide bonds. The monoisotopic (exact) mass is 353 g/mol. The molecule has 0 aliphatic carbocycles. The summed E-state index contributed by atoms with van der Waals surface area (Å²) in [5.74, 6) is 0.0590. The van der Waals surface area contributed by atoms with Crippen molar-refractivity contribution < 1.29 is 13.2 Å². The summed E-state index contributed by atoms with van der Waals surface area (Å²) < 4.78 is 24.6. The molecular weight excluding hydrogens is 326 g/mol. The molecule has 24 heavy (non-hydrogen) atoms. The lowest BCUT2D eigenvalue weighted by atomic mass is 10.1. The van der Waals surface area contributed by atoms with Gasteiger partial charge < -0.3 is 4.90 Å². The van der Waals surface area contributed by atoms with Crippen LogP contribution in [0.2, 0.25) is 0 Å². The van der Waals surface area contributed by atoms with Gasteiger partial charge in [-0.2, -0.15) is 4.31 Å². The average Bonchev–Trinajstić information content (AvgIpc) is 2.56. The van der Waals surface area contributed by atoms with Crippen LogP contribution in [0.5, 0.6) is 0 Å². The molecule has 1 aromatic carbocycles. The third-order valence-electron chi connectivity index (χ3n) is 4.43. The van der Waals surface area contributed by atoms with E-state index in [1.807, 2.05) is 43.0 Å². The first-order chi connectivity index (χ1) is 11.3. The Hall–Kier alpha value is -1.44. The normalized spacial score (nSPS) is 17.0. The molecule has 6 nitrogen and oxygen atoms in total. The van der Waals surface area contributed by atoms with Gasteiger partial charge in [0.15, 0.2) is 0 Å². The van der Waals surface area contributed by atoms with E-state index in [-0.39, 0.29) is 5.91 Å². The van der Waals surface area contributed by atoms with E-state index in [4.69, 9.17) is 0 Å². The highest BCUT2D eigenvalue weighted by atomic mass is 32.2. The fourth-order valence-corrected chi connectivity index (χ4v) is 3.80. The molecule has 134 valence electrons. The Balaban J connectivity index is 1.99. The highest BCUT2D eigenvalue weighted by Crippen LogP contribution is 2.13. The van der Waals surface area contributed by atoms with Gasteiger partial charge in [-0.3, -0.25) is 9.69 Å². The van der Waals surface area contributed by atoms with Crippen molar-refractivity contribution in [1.82, 2.24) is 14.1 Å². The van der Waals surface area contributed by atoms with Gasteiger partial charge in [-0.15, -0.1) is 0 Å². The number of carbonyl (C=O) groups excluding carboxylic acids is 1. The number of hydrogen-bond acceptors (Lipinski definition) is 4. The minimum Gasteiger partial charge on any atom is -0.339 e. The Morgan fingerprint density at radius 3 is 2.29 bits per heavy atom. The molecule has 1 aliphatic heterocycles. The van der Waals surface area contributed by atoms with E-state index >= 15 is 0 Å². The molecule has 0 saturated carbocycles. The molecule has 0 bridgehead atoms. The Labute approximate surface area is 145 Å². The van der Waals surface area contributed by atoms with E-state index in [9.17, 15) is 13.2 Å². The first kappa shape index (κ1) is 18.9. The standard InChI is InChI=1S/C17H27N3O3S/c1-4-19(5-2)17(21)16-8-6-7-15(13-16)14-18-9-11-20(12-10-18)24(3,22)23/h6-8,13H,4-5,9-12,14H2,1-3H3. The van der Waals surface area contributed by atoms with Crippen molar-refractivity contribution in [3.05, 3.63) is 35.4 Å². The van der Waals surface area contributed by atoms with Crippen molar-refractivity contribution in [2.75, 3.05) is 45.5 Å². The summed E-state index contributed by atoms with van der Waals surface area (Å²) in [4.78, 5) is 16.5. The zero-order valence-corrected chi connectivity index (χ0v) is 15.6. The molecule has 1 heterocycles. The highest BCUT2D eigenvalue weighted by Gasteiger charge is 2.23. The largest absolute Gasteiger partial charge is 0.339 e. The molecule has 2 rings (SSSR count). The Bertz CT molecular complexity index is 663. The smallest absolute Gasteiger partial charge is 0.253 e. The van der Waals surface area contributed by atoms with Crippen LogP contribution in [0.1, 0.15) is 29.8 Å². The van der Waals surface area contributed by atoms with Gasteiger partial charge in [0.1, 0.15) is 0 Å². The topological polar surface area (TPSA) is 60.9 Å². The third kappa shape index (κ3) is 4.78. The molecule has 0 radical (unpaired) electrons. The molecule has 1 fully saturated rings. The zero-order chi connectivity index (χ0) is 17.7. The van der Waals surface area contributed by atoms with Gasteiger partial charge in [0, 0.05) is 51.4 Å². The number of sulfonamides is 1. The van der Waals surface area contributed by atoms with E-state index in [0.29, 0.717) is 44.8 Å². The van der Waals surface area contributed by atoms with Gasteiger partial charge in [-0.1, -0.05) is 12.1 Å². The van der Waals surface area contributed by atoms with E-state index in [1.54, 1.807) is 0 Å². The summed E-state index contributed by atoms with van der Waals surface area (Å²) in [6.45, 7) is 8.56. The van der Waals surface area contributed by atoms with Crippen LogP contribution in [-0.4, -0.2) is 74.0 Å². The predicted octanol–water partition coefficient (Wildman–Crippen LogP) is 1.25. The fourth-order valence-electron chi connectivity index (χ4n) is 2.97. The summed E-state index contributed by atoms with van der Waals surface area (Å²) in [7, 11) is -3.10. The van der Waals surface area contributed by atoms with Crippen LogP contribution in [0.4, 0.5) is 0 Å². The fraction of sp³-hybridized carbons (Fsp3) is 0.588. The number of amides is 1. The van der Waals surface area contributed by atoms with Crippen molar-refractivity contribution in [3.63, 3.8) is 0 Å². The molecule has 1 aromatic rings. The molecule has 1 aliphatic rings. The van der Waals surface area contributed by atoms with Crippen molar-refractivity contribution in [2.24, 2.45) is 0 Å². The van der Waals surface area contributed by atoms with Crippen molar-refractivity contribution in [1.29, 1.82) is 0 Å². The van der Waals surface area contributed by atoms with Crippen LogP contribution >= 0.6 is 0 Å². The van der Waals surface area contributed by atoms with Crippen LogP contribution in [0, 0.1) is 0 Å². The maximum Gasteiger partial charge on any atom is 0.253 e. The van der Waals surface area contributed by atoms with Crippen LogP contribution in [0.25, 0.3) is 0 Å². The maximum atomic E-state index is 12.4. The molecule has 0 atom stereocenters. The zero-order valence-electron chi connectivity index (χ0n) is 14.7. The summed E-state index contributed by atoms with van der Waals surface area (Å²) >= 11 is 0. The minimum absolute atomic E-state index is 0.0590. The molecule has 0 spiro atoms. The SMILES string of the molecule is CCN(CC)C(=O)c1cccc(CN2CCN(S(C)(=O)=O)CC2)c1. The lowest BCUT2D eigenvalue weighted by Crippen LogP contribution is -2.47. The number of piperazine rings is 1. The van der Waals surface area contributed by atoms with Crippen LogP contribution in [-0.2, 0) is 16.6 Å². The number of benzene rings is 1. The second-order valence-corrected chi connectivity index (χ2v) is 8.10. The molecule has 1 saturated heterocycles. The van der Waals surface area contributed by atoms with Gasteiger partial charge >= 0.3 is 0 Å². The maximum absolute atomic E-state index is 12.4. The summed E-state index contributed by atoms with van der Waals surface area (Å²) in [5, 5.41) is 0. The first-order valence-corrected chi connectivity index (χ1v) is 10.3. The van der Waals surface area contributed by atoms with Gasteiger partial charge in [-0.25, -0.2) is 8.42 Å². The van der Waals surface area contributed by atoms with Crippen LogP contribution in [0.3, 0.4) is 0 Å². The number of rotatable bonds is 6. The van der Waals surface area contributed by atoms with Crippen LogP contribution in [0.15, 0.2) is 24.3 Å². The molecule has 0 unspecified atom stereocenters. The van der Waals surface area contributed by atoms with Crippen molar-refractivity contribution in [3.8, 4) is 0 Å². The lowest BCUT2D eigenvalue weighted by Gasteiger charge is -2.33. The molecule has 7 heteroatoms. The highest BCUT2D eigenvalue weighted by molar-refractivity contribution is 7.88. The van der Waals surface area contributed by atoms with E-state index in [2.05, 4.69) is 4.90 Å². The van der Waals surface area contributed by atoms with E-state index < -0.39 is 10.0 Å². The van der Waals surface area contributed by atoms with E-state index in [1.165, 1.54) is 10.6 Å². The Morgan fingerprint density at radius 1 is 1.12 bits per heavy atom.